The summed E-state index contributed by atoms with van der Waals surface area (Å²) in [5.41, 5.74) is 3.28. The van der Waals surface area contributed by atoms with Crippen LogP contribution in [0.15, 0.2) is 60.8 Å². The number of aromatic nitrogens is 2. The number of amides is 4. The highest BCUT2D eigenvalue weighted by molar-refractivity contribution is 6.38. The zero-order valence-electron chi connectivity index (χ0n) is 24.9. The van der Waals surface area contributed by atoms with Crippen LogP contribution in [0.3, 0.4) is 0 Å². The second kappa shape index (κ2) is 16.3. The highest BCUT2D eigenvalue weighted by Crippen LogP contribution is 2.35. The highest BCUT2D eigenvalue weighted by Gasteiger charge is 2.20. The summed E-state index contributed by atoms with van der Waals surface area (Å²) >= 11 is 19.4. The fraction of sp³-hybridized carbons (Fsp3) is 0.194. The molecule has 2 heterocycles. The van der Waals surface area contributed by atoms with E-state index in [9.17, 15) is 19.2 Å². The van der Waals surface area contributed by atoms with Crippen LogP contribution in [-0.2, 0) is 25.8 Å². The van der Waals surface area contributed by atoms with Crippen LogP contribution in [-0.4, -0.2) is 53.2 Å². The predicted molar refractivity (Wildman–Crippen MR) is 182 cm³/mol. The number of fused-ring (bicyclic) bond motifs is 1. The third-order valence-corrected chi connectivity index (χ3v) is 7.75. The maximum Gasteiger partial charge on any atom is 0.246 e. The largest absolute Gasteiger partial charge is 0.485 e. The van der Waals surface area contributed by atoms with Crippen molar-refractivity contribution < 1.29 is 23.9 Å². The number of nitrogens with zero attached hydrogens (tertiary/aromatic N) is 3. The molecule has 15 heteroatoms. The Morgan fingerprint density at radius 1 is 1.00 bits per heavy atom. The molecular formula is C31H30Cl4N6O5. The first-order valence-corrected chi connectivity index (χ1v) is 14.7. The normalized spacial score (nSPS) is 10.7. The second-order valence-electron chi connectivity index (χ2n) is 9.79. The number of likely N-dealkylation sites (N-methyl/N-ethyl adjacent to an activating group) is 1. The van der Waals surface area contributed by atoms with E-state index in [0.717, 1.165) is 0 Å². The lowest BCUT2D eigenvalue weighted by molar-refractivity contribution is -0.122. The van der Waals surface area contributed by atoms with Crippen molar-refractivity contribution in [3.05, 3.63) is 92.8 Å². The quantitative estimate of drug-likeness (QED) is 0.177. The van der Waals surface area contributed by atoms with Crippen molar-refractivity contribution in [2.45, 2.75) is 20.5 Å². The number of carbonyl (C=O) groups is 4. The van der Waals surface area contributed by atoms with Gasteiger partial charge >= 0.3 is 0 Å². The van der Waals surface area contributed by atoms with Crippen molar-refractivity contribution in [3.63, 3.8) is 0 Å². The summed E-state index contributed by atoms with van der Waals surface area (Å²) in [6, 6.07) is 13.5. The first kappa shape index (κ1) is 36.2. The Hall–Kier alpha value is -4.29. The van der Waals surface area contributed by atoms with E-state index in [1.54, 1.807) is 72.1 Å². The summed E-state index contributed by atoms with van der Waals surface area (Å²) in [4.78, 5) is 53.8. The summed E-state index contributed by atoms with van der Waals surface area (Å²) in [5, 5.41) is 8.68. The SMILES string of the molecule is CC(=O)NCC(=O)Nc1ccc(C=CC(=O)NCC(=O)N(C)c2ccc(Cl)c(COc3cccn4c(Cl)c(C)nc34)c2Cl)cc1.Cl. The van der Waals surface area contributed by atoms with E-state index in [4.69, 9.17) is 39.5 Å². The molecule has 2 aromatic heterocycles. The molecule has 0 spiro atoms. The van der Waals surface area contributed by atoms with Gasteiger partial charge in [0.15, 0.2) is 11.4 Å². The molecular weight excluding hydrogens is 678 g/mol. The minimum absolute atomic E-state index is 0. The fourth-order valence-electron chi connectivity index (χ4n) is 4.10. The molecule has 0 aliphatic heterocycles. The van der Waals surface area contributed by atoms with Gasteiger partial charge in [0.05, 0.1) is 29.5 Å². The molecule has 46 heavy (non-hydrogen) atoms. The van der Waals surface area contributed by atoms with E-state index >= 15 is 0 Å². The molecule has 4 rings (SSSR count). The summed E-state index contributed by atoms with van der Waals surface area (Å²) in [6.07, 6.45) is 4.63. The van der Waals surface area contributed by atoms with Crippen LogP contribution < -0.4 is 25.6 Å². The number of ether oxygens (including phenoxy) is 1. The summed E-state index contributed by atoms with van der Waals surface area (Å²) < 4.78 is 7.71. The minimum Gasteiger partial charge on any atom is -0.485 e. The Bertz CT molecular complexity index is 1790. The van der Waals surface area contributed by atoms with Gasteiger partial charge in [0.1, 0.15) is 11.8 Å². The number of carbonyl (C=O) groups excluding carboxylic acids is 4. The standard InChI is InChI=1S/C31H29Cl3N6O5.ClH/c1-18-30(34)40-14-4-5-25(31(40)37-18)45-17-22-23(32)11-12-24(29(22)33)39(3)28(44)16-36-26(42)13-8-20-6-9-21(10-7-20)38-27(43)15-35-19(2)41;/h4-14H,15-17H2,1-3H3,(H,35,41)(H,36,42)(H,38,43);1H. The van der Waals surface area contributed by atoms with E-state index in [0.29, 0.717) is 49.8 Å². The summed E-state index contributed by atoms with van der Waals surface area (Å²) in [6.45, 7) is 2.70. The lowest BCUT2D eigenvalue weighted by Gasteiger charge is -2.21. The van der Waals surface area contributed by atoms with Crippen LogP contribution in [0.2, 0.25) is 15.2 Å². The van der Waals surface area contributed by atoms with Gasteiger partial charge in [-0.3, -0.25) is 23.6 Å². The van der Waals surface area contributed by atoms with Crippen LogP contribution >= 0.6 is 47.2 Å². The molecule has 0 saturated carbocycles. The second-order valence-corrected chi connectivity index (χ2v) is 10.9. The smallest absolute Gasteiger partial charge is 0.246 e. The average Bonchev–Trinajstić information content (AvgIpc) is 3.31. The Balaban J connectivity index is 0.00000576. The average molecular weight is 708 g/mol. The third kappa shape index (κ3) is 9.13. The van der Waals surface area contributed by atoms with Crippen molar-refractivity contribution in [2.75, 3.05) is 30.4 Å². The number of rotatable bonds is 11. The van der Waals surface area contributed by atoms with Crippen molar-refractivity contribution in [2.24, 2.45) is 0 Å². The zero-order valence-corrected chi connectivity index (χ0v) is 28.0. The van der Waals surface area contributed by atoms with E-state index in [2.05, 4.69) is 20.9 Å². The monoisotopic (exact) mass is 706 g/mol. The van der Waals surface area contributed by atoms with E-state index in [1.165, 1.54) is 24.9 Å². The Kier molecular flexibility index (Phi) is 12.8. The maximum atomic E-state index is 12.9. The van der Waals surface area contributed by atoms with Gasteiger partial charge in [0.25, 0.3) is 0 Å². The Morgan fingerprint density at radius 2 is 1.72 bits per heavy atom. The number of hydrogen-bond acceptors (Lipinski definition) is 6. The molecule has 0 bridgehead atoms. The van der Waals surface area contributed by atoms with Crippen LogP contribution in [0.5, 0.6) is 5.75 Å². The lowest BCUT2D eigenvalue weighted by Crippen LogP contribution is -2.37. The maximum absolute atomic E-state index is 12.9. The summed E-state index contributed by atoms with van der Waals surface area (Å²) in [5.74, 6) is -1.09. The fourth-order valence-corrected chi connectivity index (χ4v) is 4.89. The van der Waals surface area contributed by atoms with E-state index in [-0.39, 0.29) is 48.9 Å². The van der Waals surface area contributed by atoms with Crippen LogP contribution in [0.25, 0.3) is 11.7 Å². The first-order valence-electron chi connectivity index (χ1n) is 13.5. The predicted octanol–water partition coefficient (Wildman–Crippen LogP) is 5.47. The van der Waals surface area contributed by atoms with Crippen LogP contribution in [0, 0.1) is 6.92 Å². The molecule has 3 N–H and O–H groups in total. The molecule has 11 nitrogen and oxygen atoms in total. The Labute approximate surface area is 286 Å². The molecule has 0 saturated heterocycles. The van der Waals surface area contributed by atoms with Crippen LogP contribution in [0.1, 0.15) is 23.7 Å². The Morgan fingerprint density at radius 3 is 2.41 bits per heavy atom. The first-order chi connectivity index (χ1) is 21.4. The molecule has 4 aromatic rings. The zero-order chi connectivity index (χ0) is 32.7. The van der Waals surface area contributed by atoms with Gasteiger partial charge < -0.3 is 25.6 Å². The van der Waals surface area contributed by atoms with Crippen molar-refractivity contribution in [3.8, 4) is 5.75 Å². The molecule has 0 aliphatic rings. The number of anilines is 2. The van der Waals surface area contributed by atoms with Gasteiger partial charge in [-0.1, -0.05) is 46.9 Å². The molecule has 0 fully saturated rings. The summed E-state index contributed by atoms with van der Waals surface area (Å²) in [7, 11) is 1.54. The van der Waals surface area contributed by atoms with Crippen molar-refractivity contribution in [1.29, 1.82) is 0 Å². The number of benzene rings is 2. The molecule has 4 amide bonds. The van der Waals surface area contributed by atoms with Gasteiger partial charge in [-0.25, -0.2) is 4.98 Å². The van der Waals surface area contributed by atoms with E-state index in [1.807, 2.05) is 0 Å². The topological polar surface area (TPSA) is 134 Å². The van der Waals surface area contributed by atoms with Gasteiger partial charge in [-0.05, 0) is 55.0 Å². The van der Waals surface area contributed by atoms with Gasteiger partial charge in [0.2, 0.25) is 23.6 Å². The number of hydrogen-bond donors (Lipinski definition) is 3. The number of aryl methyl sites for hydroxylation is 1. The minimum atomic E-state index is -0.482. The molecule has 0 unspecified atom stereocenters. The lowest BCUT2D eigenvalue weighted by atomic mass is 10.2. The molecule has 0 radical (unpaired) electrons. The highest BCUT2D eigenvalue weighted by atomic mass is 35.5. The number of pyridine rings is 1. The number of halogens is 4. The molecule has 242 valence electrons. The molecule has 2 aromatic carbocycles. The van der Waals surface area contributed by atoms with Gasteiger partial charge in [-0.15, -0.1) is 12.4 Å². The molecule has 0 aliphatic carbocycles. The molecule has 0 atom stereocenters. The van der Waals surface area contributed by atoms with Crippen molar-refractivity contribution >= 4 is 93.9 Å². The van der Waals surface area contributed by atoms with E-state index < -0.39 is 11.8 Å². The third-order valence-electron chi connectivity index (χ3n) is 6.52. The van der Waals surface area contributed by atoms with Crippen molar-refractivity contribution in [1.82, 2.24) is 20.0 Å². The van der Waals surface area contributed by atoms with Gasteiger partial charge in [-0.2, -0.15) is 0 Å². The number of nitrogens with one attached hydrogen (secondary N) is 3. The van der Waals surface area contributed by atoms with Crippen LogP contribution in [0.4, 0.5) is 11.4 Å². The number of imidazole rings is 1. The van der Waals surface area contributed by atoms with Gasteiger partial charge in [0, 0.05) is 42.5 Å².